The number of nitrogens with one attached hydrogen (secondary N) is 2. The van der Waals surface area contributed by atoms with Crippen molar-refractivity contribution in [3.63, 3.8) is 0 Å². The third-order valence-electron chi connectivity index (χ3n) is 2.77. The molecular formula is C15H18N4O2. The molecule has 0 saturated carbocycles. The lowest BCUT2D eigenvalue weighted by molar-refractivity contribution is 0.102. The fourth-order valence-corrected chi connectivity index (χ4v) is 1.69. The van der Waals surface area contributed by atoms with Crippen LogP contribution in [-0.4, -0.2) is 29.5 Å². The predicted molar refractivity (Wildman–Crippen MR) is 81.8 cm³/mol. The van der Waals surface area contributed by atoms with Crippen molar-refractivity contribution in [3.8, 4) is 5.75 Å². The van der Waals surface area contributed by atoms with Crippen LogP contribution in [0.25, 0.3) is 0 Å². The van der Waals surface area contributed by atoms with Crippen LogP contribution in [0.5, 0.6) is 5.75 Å². The van der Waals surface area contributed by atoms with Crippen LogP contribution in [0.3, 0.4) is 0 Å². The zero-order chi connectivity index (χ0) is 15.1. The largest absolute Gasteiger partial charge is 0.497 e. The van der Waals surface area contributed by atoms with Crippen molar-refractivity contribution in [2.75, 3.05) is 24.3 Å². The summed E-state index contributed by atoms with van der Waals surface area (Å²) in [6.07, 6.45) is 4.00. The molecule has 21 heavy (non-hydrogen) atoms. The Hall–Kier alpha value is -2.63. The summed E-state index contributed by atoms with van der Waals surface area (Å²) < 4.78 is 5.11. The van der Waals surface area contributed by atoms with Gasteiger partial charge >= 0.3 is 0 Å². The predicted octanol–water partition coefficient (Wildman–Crippen LogP) is 2.56. The minimum Gasteiger partial charge on any atom is -0.497 e. The number of hydrogen-bond donors (Lipinski definition) is 2. The second kappa shape index (κ2) is 7.23. The summed E-state index contributed by atoms with van der Waals surface area (Å²) in [7, 11) is 1.58. The van der Waals surface area contributed by atoms with Crippen LogP contribution in [0.1, 0.15) is 23.8 Å². The summed E-state index contributed by atoms with van der Waals surface area (Å²) in [5.41, 5.74) is 0.911. The monoisotopic (exact) mass is 286 g/mol. The minimum atomic E-state index is -0.308. The van der Waals surface area contributed by atoms with E-state index in [4.69, 9.17) is 4.74 Å². The lowest BCUT2D eigenvalue weighted by Gasteiger charge is -2.07. The lowest BCUT2D eigenvalue weighted by atomic mass is 10.3. The number of benzene rings is 1. The molecule has 0 spiro atoms. The number of carbonyl (C=O) groups excluding carboxylic acids is 1. The van der Waals surface area contributed by atoms with Gasteiger partial charge in [-0.25, -0.2) is 9.97 Å². The molecule has 2 aromatic rings. The van der Waals surface area contributed by atoms with Crippen LogP contribution in [0, 0.1) is 0 Å². The Kier molecular flexibility index (Phi) is 5.09. The molecule has 0 aliphatic rings. The molecule has 1 heterocycles. The first-order valence-corrected chi connectivity index (χ1v) is 6.74. The maximum absolute atomic E-state index is 12.1. The fraction of sp³-hybridized carbons (Fsp3) is 0.267. The van der Waals surface area contributed by atoms with E-state index in [0.29, 0.717) is 17.3 Å². The van der Waals surface area contributed by atoms with Crippen LogP contribution in [0.2, 0.25) is 0 Å². The lowest BCUT2D eigenvalue weighted by Crippen LogP contribution is -2.14. The maximum atomic E-state index is 12.1. The highest BCUT2D eigenvalue weighted by atomic mass is 16.5. The quantitative estimate of drug-likeness (QED) is 0.853. The van der Waals surface area contributed by atoms with Crippen molar-refractivity contribution in [2.24, 2.45) is 0 Å². The van der Waals surface area contributed by atoms with Gasteiger partial charge in [-0.3, -0.25) is 4.79 Å². The summed E-state index contributed by atoms with van der Waals surface area (Å²) in [5.74, 6) is 1.03. The molecule has 0 fully saturated rings. The van der Waals surface area contributed by atoms with Crippen molar-refractivity contribution in [2.45, 2.75) is 13.3 Å². The first-order valence-electron chi connectivity index (χ1n) is 6.74. The fourth-order valence-electron chi connectivity index (χ4n) is 1.69. The van der Waals surface area contributed by atoms with E-state index < -0.39 is 0 Å². The summed E-state index contributed by atoms with van der Waals surface area (Å²) in [6, 6.07) is 7.13. The summed E-state index contributed by atoms with van der Waals surface area (Å²) in [5, 5.41) is 5.86. The molecule has 1 amide bonds. The van der Waals surface area contributed by atoms with Gasteiger partial charge in [-0.2, -0.15) is 0 Å². The average molecular weight is 286 g/mol. The van der Waals surface area contributed by atoms with Crippen LogP contribution in [0.15, 0.2) is 36.7 Å². The van der Waals surface area contributed by atoms with Crippen LogP contribution < -0.4 is 15.4 Å². The van der Waals surface area contributed by atoms with Gasteiger partial charge in [0.05, 0.1) is 19.5 Å². The minimum absolute atomic E-state index is 0.264. The Morgan fingerprint density at radius 3 is 2.81 bits per heavy atom. The second-order valence-electron chi connectivity index (χ2n) is 4.40. The highest BCUT2D eigenvalue weighted by Gasteiger charge is 2.08. The number of rotatable bonds is 6. The highest BCUT2D eigenvalue weighted by Crippen LogP contribution is 2.17. The zero-order valence-electron chi connectivity index (χ0n) is 12.1. The molecular weight excluding hydrogens is 268 g/mol. The normalized spacial score (nSPS) is 10.0. The molecule has 6 heteroatoms. The summed E-state index contributed by atoms with van der Waals surface area (Å²) in [4.78, 5) is 20.3. The number of methoxy groups -OCH3 is 1. The van der Waals surface area contributed by atoms with Gasteiger partial charge in [-0.1, -0.05) is 13.0 Å². The van der Waals surface area contributed by atoms with E-state index in [2.05, 4.69) is 27.5 Å². The smallest absolute Gasteiger partial charge is 0.275 e. The molecule has 0 aliphatic heterocycles. The Labute approximate surface area is 123 Å². The topological polar surface area (TPSA) is 76.1 Å². The van der Waals surface area contributed by atoms with Gasteiger partial charge in [0.25, 0.3) is 5.91 Å². The molecule has 6 nitrogen and oxygen atoms in total. The molecule has 110 valence electrons. The van der Waals surface area contributed by atoms with Crippen LogP contribution in [0.4, 0.5) is 11.5 Å². The van der Waals surface area contributed by atoms with Gasteiger partial charge in [-0.15, -0.1) is 0 Å². The Balaban J connectivity index is 2.02. The van der Waals surface area contributed by atoms with Crippen molar-refractivity contribution in [1.82, 2.24) is 9.97 Å². The standard InChI is InChI=1S/C15H18N4O2/c1-3-7-16-14-10-17-13(9-18-14)15(20)19-11-5-4-6-12(8-11)21-2/h4-6,8-10H,3,7H2,1-2H3,(H,16,18)(H,19,20). The van der Waals surface area contributed by atoms with Gasteiger partial charge in [0.15, 0.2) is 0 Å². The molecule has 1 aromatic carbocycles. The number of anilines is 2. The number of aromatic nitrogens is 2. The molecule has 0 atom stereocenters. The Bertz CT molecular complexity index is 599. The Morgan fingerprint density at radius 1 is 1.29 bits per heavy atom. The van der Waals surface area contributed by atoms with Crippen molar-refractivity contribution in [1.29, 1.82) is 0 Å². The number of ether oxygens (including phenoxy) is 1. The highest BCUT2D eigenvalue weighted by molar-refractivity contribution is 6.02. The van der Waals surface area contributed by atoms with Crippen molar-refractivity contribution in [3.05, 3.63) is 42.4 Å². The van der Waals surface area contributed by atoms with E-state index in [1.54, 1.807) is 31.5 Å². The Morgan fingerprint density at radius 2 is 2.14 bits per heavy atom. The second-order valence-corrected chi connectivity index (χ2v) is 4.40. The molecule has 0 aliphatic carbocycles. The first-order chi connectivity index (χ1) is 10.2. The first kappa shape index (κ1) is 14.8. The van der Waals surface area contributed by atoms with Crippen molar-refractivity contribution < 1.29 is 9.53 Å². The molecule has 2 N–H and O–H groups in total. The number of amides is 1. The number of hydrogen-bond acceptors (Lipinski definition) is 5. The molecule has 1 aromatic heterocycles. The van der Waals surface area contributed by atoms with E-state index in [9.17, 15) is 4.79 Å². The summed E-state index contributed by atoms with van der Waals surface area (Å²) in [6.45, 7) is 2.89. The molecule has 2 rings (SSSR count). The van der Waals surface area contributed by atoms with Crippen LogP contribution >= 0.6 is 0 Å². The van der Waals surface area contributed by atoms with E-state index in [0.717, 1.165) is 13.0 Å². The van der Waals surface area contributed by atoms with Crippen LogP contribution in [-0.2, 0) is 0 Å². The molecule has 0 bridgehead atoms. The van der Waals surface area contributed by atoms with E-state index in [-0.39, 0.29) is 11.6 Å². The maximum Gasteiger partial charge on any atom is 0.275 e. The van der Waals surface area contributed by atoms with E-state index in [1.165, 1.54) is 6.20 Å². The zero-order valence-corrected chi connectivity index (χ0v) is 12.1. The van der Waals surface area contributed by atoms with Gasteiger partial charge in [0, 0.05) is 18.3 Å². The summed E-state index contributed by atoms with van der Waals surface area (Å²) >= 11 is 0. The van der Waals surface area contributed by atoms with Gasteiger partial charge in [0.2, 0.25) is 0 Å². The van der Waals surface area contributed by atoms with Crippen molar-refractivity contribution >= 4 is 17.4 Å². The van der Waals surface area contributed by atoms with E-state index >= 15 is 0 Å². The SMILES string of the molecule is CCCNc1cnc(C(=O)Nc2cccc(OC)c2)cn1. The number of nitrogens with zero attached hydrogens (tertiary/aromatic N) is 2. The average Bonchev–Trinajstić information content (AvgIpc) is 2.53. The van der Waals surface area contributed by atoms with Gasteiger partial charge in [-0.05, 0) is 18.6 Å². The molecule has 0 radical (unpaired) electrons. The van der Waals surface area contributed by atoms with Gasteiger partial charge < -0.3 is 15.4 Å². The number of carbonyl (C=O) groups is 1. The molecule has 0 saturated heterocycles. The third kappa shape index (κ3) is 4.17. The van der Waals surface area contributed by atoms with E-state index in [1.807, 2.05) is 6.07 Å². The third-order valence-corrected chi connectivity index (χ3v) is 2.77. The molecule has 0 unspecified atom stereocenters. The van der Waals surface area contributed by atoms with Gasteiger partial charge in [0.1, 0.15) is 17.3 Å².